The number of alkyl carbamates (subject to hydrolysis) is 1. The summed E-state index contributed by atoms with van der Waals surface area (Å²) in [5.74, 6) is -1.08. The topological polar surface area (TPSA) is 126 Å². The van der Waals surface area contributed by atoms with Crippen molar-refractivity contribution in [2.75, 3.05) is 0 Å². The van der Waals surface area contributed by atoms with Crippen molar-refractivity contribution >= 4 is 12.0 Å². The van der Waals surface area contributed by atoms with E-state index < -0.39 is 23.5 Å². The first kappa shape index (κ1) is 24.6. The fourth-order valence-electron chi connectivity index (χ4n) is 3.06. The zero-order valence-corrected chi connectivity index (χ0v) is 19.4. The van der Waals surface area contributed by atoms with E-state index in [4.69, 9.17) is 4.74 Å². The summed E-state index contributed by atoms with van der Waals surface area (Å²) < 4.78 is 18.8. The van der Waals surface area contributed by atoms with Crippen LogP contribution in [0.2, 0.25) is 0 Å². The number of nitrogens with one attached hydrogen (secondary N) is 3. The molecule has 0 spiro atoms. The number of rotatable bonds is 6. The number of amides is 2. The number of carbonyl (C=O) groups excluding carboxylic acids is 2. The third kappa shape index (κ3) is 6.96. The molecule has 3 aromatic heterocycles. The lowest BCUT2D eigenvalue weighted by Crippen LogP contribution is -2.32. The quantitative estimate of drug-likeness (QED) is 0.478. The second kappa shape index (κ2) is 10.2. The molecule has 0 bridgehead atoms. The summed E-state index contributed by atoms with van der Waals surface area (Å²) in [4.78, 5) is 46.9. The van der Waals surface area contributed by atoms with Crippen LogP contribution in [0, 0.1) is 12.9 Å². The summed E-state index contributed by atoms with van der Waals surface area (Å²) in [6, 6.07) is 8.96. The Morgan fingerprint density at radius 3 is 2.41 bits per heavy atom. The van der Waals surface area contributed by atoms with Gasteiger partial charge < -0.3 is 20.4 Å². The number of hydrogen-bond acceptors (Lipinski definition) is 6. The molecule has 0 aromatic carbocycles. The van der Waals surface area contributed by atoms with E-state index in [1.165, 1.54) is 24.4 Å². The van der Waals surface area contributed by atoms with Crippen LogP contribution >= 0.6 is 0 Å². The lowest BCUT2D eigenvalue weighted by molar-refractivity contribution is 0.0523. The van der Waals surface area contributed by atoms with Crippen molar-refractivity contribution in [3.05, 3.63) is 81.4 Å². The van der Waals surface area contributed by atoms with Crippen LogP contribution in [0.1, 0.15) is 48.1 Å². The van der Waals surface area contributed by atoms with Crippen molar-refractivity contribution in [3.63, 3.8) is 0 Å². The van der Waals surface area contributed by atoms with E-state index in [1.807, 2.05) is 0 Å². The van der Waals surface area contributed by atoms with Crippen molar-refractivity contribution in [2.45, 2.75) is 46.4 Å². The van der Waals surface area contributed by atoms with E-state index in [1.54, 1.807) is 45.9 Å². The molecule has 0 radical (unpaired) electrons. The number of aryl methyl sites for hydroxylation is 1. The van der Waals surface area contributed by atoms with E-state index in [0.29, 0.717) is 28.1 Å². The van der Waals surface area contributed by atoms with Gasteiger partial charge in [0.05, 0.1) is 5.69 Å². The molecule has 0 fully saturated rings. The van der Waals surface area contributed by atoms with Crippen molar-refractivity contribution in [1.29, 1.82) is 0 Å². The van der Waals surface area contributed by atoms with Gasteiger partial charge in [-0.2, -0.15) is 4.39 Å². The van der Waals surface area contributed by atoms with Crippen LogP contribution in [0.3, 0.4) is 0 Å². The highest BCUT2D eigenvalue weighted by Crippen LogP contribution is 2.22. The smallest absolute Gasteiger partial charge is 0.407 e. The molecule has 9 nitrogen and oxygen atoms in total. The molecule has 3 heterocycles. The van der Waals surface area contributed by atoms with Crippen LogP contribution < -0.4 is 16.2 Å². The zero-order chi connectivity index (χ0) is 24.9. The maximum Gasteiger partial charge on any atom is 0.407 e. The molecule has 178 valence electrons. The summed E-state index contributed by atoms with van der Waals surface area (Å²) in [6.45, 7) is 7.16. The Morgan fingerprint density at radius 2 is 1.76 bits per heavy atom. The van der Waals surface area contributed by atoms with Gasteiger partial charge in [0, 0.05) is 36.6 Å². The Morgan fingerprint density at radius 1 is 1.03 bits per heavy atom. The molecule has 10 heteroatoms. The highest BCUT2D eigenvalue weighted by Gasteiger charge is 2.17. The number of carbonyl (C=O) groups is 2. The summed E-state index contributed by atoms with van der Waals surface area (Å²) in [5, 5.41) is 5.41. The van der Waals surface area contributed by atoms with Crippen molar-refractivity contribution in [2.24, 2.45) is 0 Å². The standard InChI is InChI=1S/C24H26FN5O4/c1-14-17(6-7-20(25)29-14)18-9-16(13-28-23(33)34-24(2,3)4)10-19(30-18)22(32)27-12-15-5-8-21(31)26-11-15/h5-11H,12-13H2,1-4H3,(H,26,31)(H,27,32)(H,28,33). The molecule has 3 N–H and O–H groups in total. The third-order valence-electron chi connectivity index (χ3n) is 4.58. The Bertz CT molecular complexity index is 1250. The van der Waals surface area contributed by atoms with Crippen LogP contribution in [0.15, 0.2) is 47.4 Å². The summed E-state index contributed by atoms with van der Waals surface area (Å²) >= 11 is 0. The maximum absolute atomic E-state index is 13.5. The van der Waals surface area contributed by atoms with Crippen LogP contribution in [0.4, 0.5) is 9.18 Å². The van der Waals surface area contributed by atoms with Crippen LogP contribution in [-0.2, 0) is 17.8 Å². The van der Waals surface area contributed by atoms with Crippen LogP contribution in [-0.4, -0.2) is 32.6 Å². The Hall–Kier alpha value is -4.08. The third-order valence-corrected chi connectivity index (χ3v) is 4.58. The number of ether oxygens (including phenoxy) is 1. The lowest BCUT2D eigenvalue weighted by atomic mass is 10.1. The minimum atomic E-state index is -0.656. The van der Waals surface area contributed by atoms with Crippen molar-refractivity contribution in [3.8, 4) is 11.3 Å². The molecule has 34 heavy (non-hydrogen) atoms. The number of hydrogen-bond donors (Lipinski definition) is 3. The Labute approximate surface area is 195 Å². The first-order chi connectivity index (χ1) is 16.0. The normalized spacial score (nSPS) is 11.1. The number of aromatic amines is 1. The largest absolute Gasteiger partial charge is 0.444 e. The summed E-state index contributed by atoms with van der Waals surface area (Å²) in [6.07, 6.45) is 0.908. The van der Waals surface area contributed by atoms with Gasteiger partial charge in [0.15, 0.2) is 0 Å². The molecular weight excluding hydrogens is 441 g/mol. The number of halogens is 1. The molecule has 3 rings (SSSR count). The molecule has 0 saturated heterocycles. The Balaban J connectivity index is 1.86. The van der Waals surface area contributed by atoms with Crippen LogP contribution in [0.5, 0.6) is 0 Å². The fourth-order valence-corrected chi connectivity index (χ4v) is 3.06. The van der Waals surface area contributed by atoms with E-state index in [0.717, 1.165) is 0 Å². The Kier molecular flexibility index (Phi) is 7.40. The average molecular weight is 468 g/mol. The monoisotopic (exact) mass is 467 g/mol. The van der Waals surface area contributed by atoms with Gasteiger partial charge >= 0.3 is 6.09 Å². The predicted molar refractivity (Wildman–Crippen MR) is 123 cm³/mol. The van der Waals surface area contributed by atoms with Crippen molar-refractivity contribution < 1.29 is 18.7 Å². The number of pyridine rings is 3. The SMILES string of the molecule is Cc1nc(F)ccc1-c1cc(CNC(=O)OC(C)(C)C)cc(C(=O)NCc2ccc(=O)[nH]c2)n1. The second-order valence-corrected chi connectivity index (χ2v) is 8.61. The van der Waals surface area contributed by atoms with E-state index >= 15 is 0 Å². The maximum atomic E-state index is 13.5. The predicted octanol–water partition coefficient (Wildman–Crippen LogP) is 3.23. The van der Waals surface area contributed by atoms with Crippen molar-refractivity contribution in [1.82, 2.24) is 25.6 Å². The highest BCUT2D eigenvalue weighted by molar-refractivity contribution is 5.93. The van der Waals surface area contributed by atoms with Gasteiger partial charge in [-0.15, -0.1) is 0 Å². The first-order valence-corrected chi connectivity index (χ1v) is 10.6. The molecular formula is C24H26FN5O4. The lowest BCUT2D eigenvalue weighted by Gasteiger charge is -2.20. The molecule has 0 atom stereocenters. The number of H-pyrrole nitrogens is 1. The van der Waals surface area contributed by atoms with Gasteiger partial charge in [0.2, 0.25) is 11.5 Å². The average Bonchev–Trinajstić information content (AvgIpc) is 2.76. The van der Waals surface area contributed by atoms with E-state index in [-0.39, 0.29) is 24.3 Å². The summed E-state index contributed by atoms with van der Waals surface area (Å²) in [7, 11) is 0. The van der Waals surface area contributed by atoms with E-state index in [2.05, 4.69) is 25.6 Å². The summed E-state index contributed by atoms with van der Waals surface area (Å²) in [5.41, 5.74) is 1.86. The highest BCUT2D eigenvalue weighted by atomic mass is 19.1. The van der Waals surface area contributed by atoms with E-state index in [9.17, 15) is 18.8 Å². The first-order valence-electron chi connectivity index (χ1n) is 10.6. The minimum absolute atomic E-state index is 0.0817. The molecule has 3 aromatic rings. The minimum Gasteiger partial charge on any atom is -0.444 e. The molecule has 0 aliphatic rings. The van der Waals surface area contributed by atoms with Gasteiger partial charge in [-0.25, -0.2) is 14.8 Å². The molecule has 2 amide bonds. The van der Waals surface area contributed by atoms with Gasteiger partial charge in [-0.3, -0.25) is 9.59 Å². The second-order valence-electron chi connectivity index (χ2n) is 8.61. The molecule has 0 saturated carbocycles. The number of nitrogens with zero attached hydrogens (tertiary/aromatic N) is 2. The fraction of sp³-hybridized carbons (Fsp3) is 0.292. The van der Waals surface area contributed by atoms with Gasteiger partial charge in [0.25, 0.3) is 5.91 Å². The van der Waals surface area contributed by atoms with Gasteiger partial charge in [0.1, 0.15) is 11.3 Å². The van der Waals surface area contributed by atoms with Gasteiger partial charge in [-0.1, -0.05) is 6.07 Å². The zero-order valence-electron chi connectivity index (χ0n) is 19.4. The molecule has 0 unspecified atom stereocenters. The number of aromatic nitrogens is 3. The van der Waals surface area contributed by atoms with Crippen LogP contribution in [0.25, 0.3) is 11.3 Å². The van der Waals surface area contributed by atoms with Gasteiger partial charge in [-0.05, 0) is 63.1 Å². The molecule has 0 aliphatic carbocycles. The molecule has 0 aliphatic heterocycles.